The molecular weight excluding hydrogens is 356 g/mol. The molecule has 5 heteroatoms. The zero-order chi connectivity index (χ0) is 19.4. The van der Waals surface area contributed by atoms with Crippen molar-refractivity contribution in [1.29, 1.82) is 0 Å². The third kappa shape index (κ3) is 4.85. The number of nitrogens with zero attached hydrogens (tertiary/aromatic N) is 1. The second-order valence-corrected chi connectivity index (χ2v) is 9.80. The smallest absolute Gasteiger partial charge is 0.227 e. The molecule has 3 rings (SSSR count). The van der Waals surface area contributed by atoms with E-state index in [-0.39, 0.29) is 10.8 Å². The van der Waals surface area contributed by atoms with Gasteiger partial charge in [-0.1, -0.05) is 44.0 Å². The van der Waals surface area contributed by atoms with Crippen molar-refractivity contribution in [2.45, 2.75) is 57.7 Å². The quantitative estimate of drug-likeness (QED) is 0.562. The molecule has 0 saturated carbocycles. The number of benzene rings is 2. The highest BCUT2D eigenvalue weighted by Gasteiger charge is 2.23. The van der Waals surface area contributed by atoms with Gasteiger partial charge in [-0.25, -0.2) is 13.9 Å². The van der Waals surface area contributed by atoms with Gasteiger partial charge in [0.25, 0.3) is 0 Å². The number of hydrogen-bond donors (Lipinski definition) is 1. The van der Waals surface area contributed by atoms with Crippen molar-refractivity contribution in [2.75, 3.05) is 0 Å². The van der Waals surface area contributed by atoms with Crippen molar-refractivity contribution in [1.82, 2.24) is 9.71 Å². The van der Waals surface area contributed by atoms with Gasteiger partial charge in [0, 0.05) is 11.6 Å². The molecule has 0 fully saturated rings. The lowest BCUT2D eigenvalue weighted by molar-refractivity contribution is 0.548. The van der Waals surface area contributed by atoms with Gasteiger partial charge in [0.15, 0.2) is 5.58 Å². The maximum atomic E-state index is 12.6. The van der Waals surface area contributed by atoms with E-state index in [1.165, 1.54) is 0 Å². The Balaban J connectivity index is 1.82. The van der Waals surface area contributed by atoms with Gasteiger partial charge in [-0.05, 0) is 57.0 Å². The zero-order valence-corrected chi connectivity index (χ0v) is 17.3. The van der Waals surface area contributed by atoms with Crippen molar-refractivity contribution in [2.24, 2.45) is 0 Å². The first kappa shape index (κ1) is 19.8. The van der Waals surface area contributed by atoms with Crippen molar-refractivity contribution >= 4 is 22.1 Å². The fourth-order valence-electron chi connectivity index (χ4n) is 2.86. The van der Waals surface area contributed by atoms with Crippen LogP contribution >= 0.6 is 0 Å². The molecular formula is C22H28N2O2S. The van der Waals surface area contributed by atoms with Gasteiger partial charge in [0.2, 0.25) is 5.89 Å². The average molecular weight is 385 g/mol. The summed E-state index contributed by atoms with van der Waals surface area (Å²) in [7, 11) is -1.10. The van der Waals surface area contributed by atoms with E-state index in [4.69, 9.17) is 4.42 Å². The predicted octanol–water partition coefficient (Wildman–Crippen LogP) is 5.78. The molecule has 0 radical (unpaired) electrons. The highest BCUT2D eigenvalue weighted by Crippen LogP contribution is 2.27. The number of oxazole rings is 1. The van der Waals surface area contributed by atoms with Crippen LogP contribution in [0.15, 0.2) is 52.9 Å². The van der Waals surface area contributed by atoms with Crippen molar-refractivity contribution in [3.8, 4) is 11.5 Å². The molecule has 2 atom stereocenters. The van der Waals surface area contributed by atoms with E-state index in [1.807, 2.05) is 57.2 Å². The van der Waals surface area contributed by atoms with Crippen LogP contribution in [0.4, 0.5) is 0 Å². The Kier molecular flexibility index (Phi) is 6.12. The lowest BCUT2D eigenvalue weighted by Crippen LogP contribution is -2.35. The fraction of sp³-hybridized carbons (Fsp3) is 0.409. The topological polar surface area (TPSA) is 55.1 Å². The molecule has 2 aromatic carbocycles. The molecule has 1 aromatic heterocycles. The number of aromatic nitrogens is 1. The van der Waals surface area contributed by atoms with Crippen LogP contribution in [0.1, 0.15) is 58.6 Å². The molecule has 4 nitrogen and oxygen atoms in total. The summed E-state index contributed by atoms with van der Waals surface area (Å²) < 4.78 is 21.5. The minimum Gasteiger partial charge on any atom is -0.436 e. The van der Waals surface area contributed by atoms with Crippen LogP contribution in [-0.2, 0) is 11.0 Å². The van der Waals surface area contributed by atoms with Crippen LogP contribution in [0.25, 0.3) is 22.6 Å². The molecule has 27 heavy (non-hydrogen) atoms. The Hall–Kier alpha value is -1.98. The summed E-state index contributed by atoms with van der Waals surface area (Å²) in [5.41, 5.74) is 3.74. The molecule has 1 N–H and O–H groups in total. The first-order valence-electron chi connectivity index (χ1n) is 9.52. The number of hydrogen-bond acceptors (Lipinski definition) is 3. The molecule has 0 amide bonds. The van der Waals surface area contributed by atoms with E-state index in [2.05, 4.69) is 28.8 Å². The van der Waals surface area contributed by atoms with E-state index < -0.39 is 11.0 Å². The molecule has 0 saturated heterocycles. The zero-order valence-electron chi connectivity index (χ0n) is 16.5. The third-order valence-electron chi connectivity index (χ3n) is 4.51. The molecule has 0 aliphatic carbocycles. The molecule has 0 bridgehead atoms. The van der Waals surface area contributed by atoms with Gasteiger partial charge in [-0.15, -0.1) is 0 Å². The normalized spacial score (nSPS) is 14.4. The number of unbranched alkanes of at least 4 members (excludes halogenated alkanes) is 1. The Labute approximate surface area is 164 Å². The van der Waals surface area contributed by atoms with E-state index in [0.29, 0.717) is 5.89 Å². The highest BCUT2D eigenvalue weighted by molar-refractivity contribution is 7.84. The largest absolute Gasteiger partial charge is 0.436 e. The monoisotopic (exact) mass is 384 g/mol. The maximum absolute atomic E-state index is 12.6. The molecule has 0 aliphatic rings. The van der Waals surface area contributed by atoms with Crippen molar-refractivity contribution < 1.29 is 8.63 Å². The summed E-state index contributed by atoms with van der Waals surface area (Å²) in [4.78, 5) is 4.56. The van der Waals surface area contributed by atoms with E-state index in [1.54, 1.807) is 0 Å². The van der Waals surface area contributed by atoms with Crippen LogP contribution in [0.5, 0.6) is 0 Å². The summed E-state index contributed by atoms with van der Waals surface area (Å²) in [6.07, 6.45) is 3.16. The minimum atomic E-state index is -1.10. The second kappa shape index (κ2) is 8.36. The predicted molar refractivity (Wildman–Crippen MR) is 113 cm³/mol. The number of fused-ring (bicyclic) bond motifs is 1. The van der Waals surface area contributed by atoms with Crippen molar-refractivity contribution in [3.63, 3.8) is 0 Å². The Morgan fingerprint density at radius 3 is 2.44 bits per heavy atom. The summed E-state index contributed by atoms with van der Waals surface area (Å²) >= 11 is 0. The van der Waals surface area contributed by atoms with E-state index in [9.17, 15) is 4.21 Å². The lowest BCUT2D eigenvalue weighted by atomic mass is 10.0. The highest BCUT2D eigenvalue weighted by atomic mass is 32.2. The first-order chi connectivity index (χ1) is 12.9. The summed E-state index contributed by atoms with van der Waals surface area (Å²) in [6, 6.07) is 16.1. The Morgan fingerprint density at radius 1 is 1.11 bits per heavy atom. The van der Waals surface area contributed by atoms with Crippen molar-refractivity contribution in [3.05, 3.63) is 54.1 Å². The Bertz CT molecular complexity index is 877. The molecule has 3 aromatic rings. The first-order valence-corrected chi connectivity index (χ1v) is 10.7. The molecule has 0 aliphatic heterocycles. The lowest BCUT2D eigenvalue weighted by Gasteiger charge is -2.24. The van der Waals surface area contributed by atoms with Crippen LogP contribution in [0.2, 0.25) is 0 Å². The van der Waals surface area contributed by atoms with E-state index in [0.717, 1.165) is 41.5 Å². The summed E-state index contributed by atoms with van der Waals surface area (Å²) in [6.45, 7) is 8.14. The second-order valence-electron chi connectivity index (χ2n) is 7.80. The SMILES string of the molecule is CCCC[C@H](NS(=O)C(C)(C)C)c1ccc(-c2nc3ccccc3o2)cc1. The van der Waals surface area contributed by atoms with Gasteiger partial charge < -0.3 is 4.42 Å². The molecule has 144 valence electrons. The third-order valence-corrected chi connectivity index (χ3v) is 6.12. The van der Waals surface area contributed by atoms with Gasteiger partial charge in [0.1, 0.15) is 5.52 Å². The van der Waals surface area contributed by atoms with Gasteiger partial charge >= 0.3 is 0 Å². The van der Waals surface area contributed by atoms with Gasteiger partial charge in [0.05, 0.1) is 15.7 Å². The maximum Gasteiger partial charge on any atom is 0.227 e. The standard InChI is InChI=1S/C22H28N2O2S/c1-5-6-9-18(24-27(25)22(2,3)4)16-12-14-17(15-13-16)21-23-19-10-7-8-11-20(19)26-21/h7-8,10-15,18,24H,5-6,9H2,1-4H3/t18-,27?/m0/s1. The Morgan fingerprint density at radius 2 is 1.81 bits per heavy atom. The van der Waals surface area contributed by atoms with Gasteiger partial charge in [-0.3, -0.25) is 0 Å². The molecule has 1 heterocycles. The van der Waals surface area contributed by atoms with Crippen LogP contribution in [0, 0.1) is 0 Å². The fourth-order valence-corrected chi connectivity index (χ4v) is 3.73. The summed E-state index contributed by atoms with van der Waals surface area (Å²) in [5.74, 6) is 0.624. The summed E-state index contributed by atoms with van der Waals surface area (Å²) in [5, 5.41) is 0. The number of para-hydroxylation sites is 2. The molecule has 0 spiro atoms. The van der Waals surface area contributed by atoms with E-state index >= 15 is 0 Å². The molecule has 1 unspecified atom stereocenters. The van der Waals surface area contributed by atoms with Gasteiger partial charge in [-0.2, -0.15) is 0 Å². The van der Waals surface area contributed by atoms with Crippen LogP contribution in [-0.4, -0.2) is 13.9 Å². The average Bonchev–Trinajstić information content (AvgIpc) is 3.08. The minimum absolute atomic E-state index is 0.0719. The number of nitrogens with one attached hydrogen (secondary N) is 1. The van der Waals surface area contributed by atoms with Crippen LogP contribution < -0.4 is 4.72 Å². The van der Waals surface area contributed by atoms with Crippen LogP contribution in [0.3, 0.4) is 0 Å². The number of rotatable bonds is 7.